The number of benzene rings is 2. The number of piperidine rings is 1. The number of nitrogens with zero attached hydrogens (tertiary/aromatic N) is 3. The Hall–Kier alpha value is -3.35. The highest BCUT2D eigenvalue weighted by molar-refractivity contribution is 5.94. The van der Waals surface area contributed by atoms with Gasteiger partial charge in [0.05, 0.1) is 20.1 Å². The largest absolute Gasteiger partial charge is 0.493 e. The summed E-state index contributed by atoms with van der Waals surface area (Å²) in [6.07, 6.45) is 1.81. The molecule has 3 aromatic rings. The summed E-state index contributed by atoms with van der Waals surface area (Å²) in [4.78, 5) is 19.4. The molecule has 0 saturated carbocycles. The summed E-state index contributed by atoms with van der Waals surface area (Å²) in [5.74, 6) is 2.36. The molecule has 7 heteroatoms. The van der Waals surface area contributed by atoms with E-state index in [1.165, 1.54) is 0 Å². The maximum absolute atomic E-state index is 12.9. The monoisotopic (exact) mass is 407 g/mol. The zero-order valence-corrected chi connectivity index (χ0v) is 17.4. The molecule has 7 nitrogen and oxygen atoms in total. The van der Waals surface area contributed by atoms with Crippen LogP contribution >= 0.6 is 0 Å². The first-order valence-corrected chi connectivity index (χ1v) is 10.0. The normalized spacial score (nSPS) is 16.4. The van der Waals surface area contributed by atoms with Crippen molar-refractivity contribution in [1.29, 1.82) is 0 Å². The molecular weight excluding hydrogens is 382 g/mol. The van der Waals surface area contributed by atoms with Gasteiger partial charge in [-0.25, -0.2) is 0 Å². The van der Waals surface area contributed by atoms with Crippen LogP contribution in [-0.4, -0.2) is 48.3 Å². The lowest BCUT2D eigenvalue weighted by Crippen LogP contribution is -2.39. The molecule has 4 rings (SSSR count). The van der Waals surface area contributed by atoms with Crippen molar-refractivity contribution in [2.24, 2.45) is 0 Å². The van der Waals surface area contributed by atoms with E-state index in [0.29, 0.717) is 35.3 Å². The van der Waals surface area contributed by atoms with E-state index in [9.17, 15) is 4.79 Å². The van der Waals surface area contributed by atoms with Gasteiger partial charge in [-0.15, -0.1) is 0 Å². The molecular formula is C23H25N3O4. The van der Waals surface area contributed by atoms with E-state index in [0.717, 1.165) is 30.5 Å². The molecule has 2 aromatic carbocycles. The third-order valence-electron chi connectivity index (χ3n) is 5.41. The minimum atomic E-state index is 0.0221. The highest BCUT2D eigenvalue weighted by Crippen LogP contribution is 2.33. The zero-order valence-electron chi connectivity index (χ0n) is 17.4. The second-order valence-electron chi connectivity index (χ2n) is 7.49. The molecule has 0 spiro atoms. The van der Waals surface area contributed by atoms with Crippen LogP contribution in [0.15, 0.2) is 47.0 Å². The summed E-state index contributed by atoms with van der Waals surface area (Å²) >= 11 is 0. The quantitative estimate of drug-likeness (QED) is 0.634. The third kappa shape index (κ3) is 4.01. The molecule has 1 amide bonds. The van der Waals surface area contributed by atoms with Gasteiger partial charge in [0, 0.05) is 24.2 Å². The van der Waals surface area contributed by atoms with E-state index >= 15 is 0 Å². The van der Waals surface area contributed by atoms with Crippen molar-refractivity contribution in [2.45, 2.75) is 25.7 Å². The topological polar surface area (TPSA) is 77.7 Å². The van der Waals surface area contributed by atoms with Gasteiger partial charge in [0.15, 0.2) is 11.5 Å². The Morgan fingerprint density at radius 2 is 1.97 bits per heavy atom. The van der Waals surface area contributed by atoms with Crippen molar-refractivity contribution in [2.75, 3.05) is 27.3 Å². The SMILES string of the molecule is COc1ccc(-c2noc(C3CCCN(C(=O)c4cccc(C)c4)C3)n2)cc1OC. The molecule has 2 heterocycles. The number of amides is 1. The van der Waals surface area contributed by atoms with Gasteiger partial charge in [0.25, 0.3) is 5.91 Å². The molecule has 1 atom stereocenters. The van der Waals surface area contributed by atoms with E-state index in [1.54, 1.807) is 14.2 Å². The molecule has 30 heavy (non-hydrogen) atoms. The number of methoxy groups -OCH3 is 2. The molecule has 1 aliphatic heterocycles. The van der Waals surface area contributed by atoms with Gasteiger partial charge < -0.3 is 18.9 Å². The highest BCUT2D eigenvalue weighted by atomic mass is 16.5. The summed E-state index contributed by atoms with van der Waals surface area (Å²) in [6, 6.07) is 13.2. The third-order valence-corrected chi connectivity index (χ3v) is 5.41. The lowest BCUT2D eigenvalue weighted by atomic mass is 9.97. The summed E-state index contributed by atoms with van der Waals surface area (Å²) in [5, 5.41) is 4.15. The average Bonchev–Trinajstić information content (AvgIpc) is 3.28. The molecule has 0 N–H and O–H groups in total. The van der Waals surface area contributed by atoms with Crippen molar-refractivity contribution in [3.05, 3.63) is 59.5 Å². The van der Waals surface area contributed by atoms with Crippen LogP contribution in [0.1, 0.15) is 40.6 Å². The molecule has 156 valence electrons. The summed E-state index contributed by atoms with van der Waals surface area (Å²) < 4.78 is 16.2. The van der Waals surface area contributed by atoms with Gasteiger partial charge in [0.2, 0.25) is 11.7 Å². The van der Waals surface area contributed by atoms with Crippen LogP contribution in [0.25, 0.3) is 11.4 Å². The van der Waals surface area contributed by atoms with Crippen LogP contribution in [0.5, 0.6) is 11.5 Å². The number of aryl methyl sites for hydroxylation is 1. The lowest BCUT2D eigenvalue weighted by molar-refractivity contribution is 0.0695. The van der Waals surface area contributed by atoms with Crippen LogP contribution in [0.3, 0.4) is 0 Å². The average molecular weight is 407 g/mol. The van der Waals surface area contributed by atoms with Gasteiger partial charge in [0.1, 0.15) is 0 Å². The molecule has 1 fully saturated rings. The Morgan fingerprint density at radius 1 is 1.13 bits per heavy atom. The standard InChI is InChI=1S/C23H25N3O4/c1-15-6-4-7-17(12-15)23(27)26-11-5-8-18(14-26)22-24-21(25-30-22)16-9-10-19(28-2)20(13-16)29-3/h4,6-7,9-10,12-13,18H,5,8,11,14H2,1-3H3. The molecule has 1 saturated heterocycles. The molecule has 1 unspecified atom stereocenters. The predicted molar refractivity (Wildman–Crippen MR) is 112 cm³/mol. The van der Waals surface area contributed by atoms with E-state index in [1.807, 2.05) is 54.3 Å². The van der Waals surface area contributed by atoms with Crippen LogP contribution in [-0.2, 0) is 0 Å². The Balaban J connectivity index is 1.51. The number of carbonyl (C=O) groups is 1. The fourth-order valence-corrected chi connectivity index (χ4v) is 3.82. The van der Waals surface area contributed by atoms with Crippen LogP contribution in [0.2, 0.25) is 0 Å². The minimum Gasteiger partial charge on any atom is -0.493 e. The number of hydrogen-bond donors (Lipinski definition) is 0. The van der Waals surface area contributed by atoms with Crippen molar-refractivity contribution < 1.29 is 18.8 Å². The number of ether oxygens (including phenoxy) is 2. The molecule has 1 aromatic heterocycles. The van der Waals surface area contributed by atoms with Gasteiger partial charge in [-0.2, -0.15) is 4.98 Å². The maximum Gasteiger partial charge on any atom is 0.253 e. The minimum absolute atomic E-state index is 0.0221. The second-order valence-corrected chi connectivity index (χ2v) is 7.49. The summed E-state index contributed by atoms with van der Waals surface area (Å²) in [6.45, 7) is 3.30. The molecule has 1 aliphatic rings. The predicted octanol–water partition coefficient (Wildman–Crippen LogP) is 4.08. The summed E-state index contributed by atoms with van der Waals surface area (Å²) in [5.41, 5.74) is 2.57. The number of carbonyl (C=O) groups excluding carboxylic acids is 1. The van der Waals surface area contributed by atoms with Gasteiger partial charge in [-0.1, -0.05) is 22.9 Å². The van der Waals surface area contributed by atoms with E-state index in [2.05, 4.69) is 10.1 Å². The first-order valence-electron chi connectivity index (χ1n) is 10.0. The Kier molecular flexibility index (Phi) is 5.70. The van der Waals surface area contributed by atoms with Crippen LogP contribution in [0, 0.1) is 6.92 Å². The molecule has 0 aliphatic carbocycles. The fraction of sp³-hybridized carbons (Fsp3) is 0.348. The Bertz CT molecular complexity index is 1050. The van der Waals surface area contributed by atoms with Crippen LogP contribution < -0.4 is 9.47 Å². The number of rotatable bonds is 5. The first-order chi connectivity index (χ1) is 14.6. The molecule has 0 bridgehead atoms. The molecule has 0 radical (unpaired) electrons. The number of likely N-dealkylation sites (tertiary alicyclic amines) is 1. The van der Waals surface area contributed by atoms with Crippen molar-refractivity contribution in [3.63, 3.8) is 0 Å². The lowest BCUT2D eigenvalue weighted by Gasteiger charge is -2.31. The Labute approximate surface area is 175 Å². The van der Waals surface area contributed by atoms with E-state index < -0.39 is 0 Å². The summed E-state index contributed by atoms with van der Waals surface area (Å²) in [7, 11) is 3.18. The second kappa shape index (κ2) is 8.57. The van der Waals surface area contributed by atoms with Gasteiger partial charge in [-0.05, 0) is 50.1 Å². The maximum atomic E-state index is 12.9. The number of hydrogen-bond acceptors (Lipinski definition) is 6. The number of aromatic nitrogens is 2. The van der Waals surface area contributed by atoms with Gasteiger partial charge in [-0.3, -0.25) is 4.79 Å². The van der Waals surface area contributed by atoms with Crippen molar-refractivity contribution in [1.82, 2.24) is 15.0 Å². The Morgan fingerprint density at radius 3 is 2.73 bits per heavy atom. The van der Waals surface area contributed by atoms with E-state index in [-0.39, 0.29) is 11.8 Å². The van der Waals surface area contributed by atoms with Crippen molar-refractivity contribution >= 4 is 5.91 Å². The van der Waals surface area contributed by atoms with Crippen molar-refractivity contribution in [3.8, 4) is 22.9 Å². The van der Waals surface area contributed by atoms with Crippen LogP contribution in [0.4, 0.5) is 0 Å². The van der Waals surface area contributed by atoms with Gasteiger partial charge >= 0.3 is 0 Å². The fourth-order valence-electron chi connectivity index (χ4n) is 3.82. The zero-order chi connectivity index (χ0) is 21.1. The highest BCUT2D eigenvalue weighted by Gasteiger charge is 2.29. The smallest absolute Gasteiger partial charge is 0.253 e. The first kappa shape index (κ1) is 19.9. The van der Waals surface area contributed by atoms with E-state index in [4.69, 9.17) is 14.0 Å².